The van der Waals surface area contributed by atoms with Crippen molar-refractivity contribution in [3.05, 3.63) is 24.0 Å². The summed E-state index contributed by atoms with van der Waals surface area (Å²) < 4.78 is 28.3. The minimum Gasteiger partial charge on any atom is -0.315 e. The van der Waals surface area contributed by atoms with Crippen LogP contribution in [0.2, 0.25) is 0 Å². The Bertz CT molecular complexity index is 592. The first kappa shape index (κ1) is 16.2. The molecule has 2 heterocycles. The third kappa shape index (κ3) is 4.15. The highest BCUT2D eigenvalue weighted by molar-refractivity contribution is 7.89. The van der Waals surface area contributed by atoms with Crippen molar-refractivity contribution in [2.45, 2.75) is 38.1 Å². The quantitative estimate of drug-likeness (QED) is 0.607. The van der Waals surface area contributed by atoms with Crippen LogP contribution in [0.15, 0.2) is 28.9 Å². The molecular weight excluding hydrogens is 288 g/mol. The molecule has 0 saturated heterocycles. The largest absolute Gasteiger partial charge is 0.315 e. The molecule has 0 unspecified atom stereocenters. The highest BCUT2D eigenvalue weighted by Gasteiger charge is 2.27. The van der Waals surface area contributed by atoms with E-state index in [0.29, 0.717) is 19.6 Å². The summed E-state index contributed by atoms with van der Waals surface area (Å²) in [6.45, 7) is 7.53. The molecule has 118 valence electrons. The van der Waals surface area contributed by atoms with Crippen LogP contribution < -0.4 is 5.32 Å². The summed E-state index contributed by atoms with van der Waals surface area (Å²) in [5, 5.41) is 7.42. The van der Waals surface area contributed by atoms with Gasteiger partial charge in [-0.25, -0.2) is 8.42 Å². The van der Waals surface area contributed by atoms with Gasteiger partial charge in [0.15, 0.2) is 0 Å². The number of aromatic nitrogens is 2. The second-order valence-corrected chi connectivity index (χ2v) is 7.30. The van der Waals surface area contributed by atoms with Gasteiger partial charge in [-0.2, -0.15) is 9.40 Å². The maximum Gasteiger partial charge on any atom is 0.246 e. The summed E-state index contributed by atoms with van der Waals surface area (Å²) in [6, 6.07) is 0. The Morgan fingerprint density at radius 2 is 2.19 bits per heavy atom. The van der Waals surface area contributed by atoms with Gasteiger partial charge in [0.1, 0.15) is 4.90 Å². The van der Waals surface area contributed by atoms with E-state index in [9.17, 15) is 8.42 Å². The van der Waals surface area contributed by atoms with Crippen LogP contribution in [0.1, 0.15) is 26.7 Å². The molecule has 1 aliphatic rings. The Labute approximate surface area is 126 Å². The summed E-state index contributed by atoms with van der Waals surface area (Å²) in [5.74, 6) is 0. The molecule has 0 amide bonds. The standard InChI is InChI=1S/C14H24N4O2S/c1-3-6-15-7-9-17-12-14(10-16-17)21(19,20)18-8-4-5-13(2)11-18/h5,10,12,15H,3-4,6-9,11H2,1-2H3. The Morgan fingerprint density at radius 1 is 1.38 bits per heavy atom. The lowest BCUT2D eigenvalue weighted by Gasteiger charge is -2.24. The number of nitrogens with one attached hydrogen (secondary N) is 1. The second kappa shape index (κ2) is 7.20. The minimum atomic E-state index is -3.42. The van der Waals surface area contributed by atoms with E-state index in [2.05, 4.69) is 23.4 Å². The van der Waals surface area contributed by atoms with Gasteiger partial charge in [0.25, 0.3) is 0 Å². The van der Waals surface area contributed by atoms with Gasteiger partial charge in [0.05, 0.1) is 12.7 Å². The Kier molecular flexibility index (Phi) is 5.55. The van der Waals surface area contributed by atoms with E-state index < -0.39 is 10.0 Å². The van der Waals surface area contributed by atoms with Gasteiger partial charge in [-0.05, 0) is 26.3 Å². The Balaban J connectivity index is 2.01. The van der Waals surface area contributed by atoms with Crippen LogP contribution in [0.3, 0.4) is 0 Å². The van der Waals surface area contributed by atoms with Crippen LogP contribution in [0.25, 0.3) is 0 Å². The SMILES string of the molecule is CCCNCCn1cc(S(=O)(=O)N2CCC=C(C)C2)cn1. The van der Waals surface area contributed by atoms with Crippen molar-refractivity contribution in [2.75, 3.05) is 26.2 Å². The molecule has 6 nitrogen and oxygen atoms in total. The van der Waals surface area contributed by atoms with Crippen molar-refractivity contribution in [1.29, 1.82) is 0 Å². The molecule has 0 aliphatic carbocycles. The number of sulfonamides is 1. The van der Waals surface area contributed by atoms with Gasteiger partial charge >= 0.3 is 0 Å². The minimum absolute atomic E-state index is 0.285. The molecule has 0 saturated carbocycles. The molecule has 0 fully saturated rings. The normalized spacial score (nSPS) is 17.0. The van der Waals surface area contributed by atoms with Crippen LogP contribution >= 0.6 is 0 Å². The first-order valence-corrected chi connectivity index (χ1v) is 8.87. The molecule has 1 N–H and O–H groups in total. The lowest BCUT2D eigenvalue weighted by molar-refractivity contribution is 0.427. The molecule has 0 atom stereocenters. The predicted molar refractivity (Wildman–Crippen MR) is 82.5 cm³/mol. The summed E-state index contributed by atoms with van der Waals surface area (Å²) >= 11 is 0. The van der Waals surface area contributed by atoms with Crippen molar-refractivity contribution < 1.29 is 8.42 Å². The molecule has 0 aromatic carbocycles. The fraction of sp³-hybridized carbons (Fsp3) is 0.643. The smallest absolute Gasteiger partial charge is 0.246 e. The molecule has 1 aliphatic heterocycles. The van der Waals surface area contributed by atoms with E-state index in [1.54, 1.807) is 10.9 Å². The molecule has 7 heteroatoms. The van der Waals surface area contributed by atoms with Crippen LogP contribution in [0, 0.1) is 0 Å². The van der Waals surface area contributed by atoms with Gasteiger partial charge in [-0.1, -0.05) is 18.6 Å². The monoisotopic (exact) mass is 312 g/mol. The molecule has 0 radical (unpaired) electrons. The van der Waals surface area contributed by atoms with Gasteiger partial charge < -0.3 is 5.32 Å². The van der Waals surface area contributed by atoms with Crippen LogP contribution in [-0.2, 0) is 16.6 Å². The van der Waals surface area contributed by atoms with Gasteiger partial charge in [-0.3, -0.25) is 4.68 Å². The second-order valence-electron chi connectivity index (χ2n) is 5.37. The summed E-state index contributed by atoms with van der Waals surface area (Å²) in [5.41, 5.74) is 1.10. The topological polar surface area (TPSA) is 67.2 Å². The van der Waals surface area contributed by atoms with Crippen molar-refractivity contribution in [3.8, 4) is 0 Å². The van der Waals surface area contributed by atoms with Crippen LogP contribution in [-0.4, -0.2) is 48.7 Å². The van der Waals surface area contributed by atoms with Gasteiger partial charge in [0, 0.05) is 25.8 Å². The number of hydrogen-bond donors (Lipinski definition) is 1. The van der Waals surface area contributed by atoms with Crippen LogP contribution in [0.5, 0.6) is 0 Å². The van der Waals surface area contributed by atoms with Crippen molar-refractivity contribution in [1.82, 2.24) is 19.4 Å². The zero-order valence-corrected chi connectivity index (χ0v) is 13.6. The highest BCUT2D eigenvalue weighted by atomic mass is 32.2. The average molecular weight is 312 g/mol. The van der Waals surface area contributed by atoms with Gasteiger partial charge in [0.2, 0.25) is 10.0 Å². The van der Waals surface area contributed by atoms with E-state index in [0.717, 1.165) is 31.5 Å². The molecule has 2 rings (SSSR count). The van der Waals surface area contributed by atoms with E-state index in [1.807, 2.05) is 6.92 Å². The van der Waals surface area contributed by atoms with Crippen molar-refractivity contribution >= 4 is 10.0 Å². The summed E-state index contributed by atoms with van der Waals surface area (Å²) in [7, 11) is -3.42. The zero-order valence-electron chi connectivity index (χ0n) is 12.7. The lowest BCUT2D eigenvalue weighted by Crippen LogP contribution is -2.35. The zero-order chi connectivity index (χ0) is 15.3. The summed E-state index contributed by atoms with van der Waals surface area (Å²) in [6.07, 6.45) is 7.02. The molecule has 0 spiro atoms. The van der Waals surface area contributed by atoms with Crippen molar-refractivity contribution in [3.63, 3.8) is 0 Å². The predicted octanol–water partition coefficient (Wildman–Crippen LogP) is 1.22. The maximum atomic E-state index is 12.6. The lowest BCUT2D eigenvalue weighted by atomic mass is 10.2. The van der Waals surface area contributed by atoms with E-state index in [-0.39, 0.29) is 4.90 Å². The maximum absolute atomic E-state index is 12.6. The molecule has 0 bridgehead atoms. The molecule has 1 aromatic rings. The molecule has 1 aromatic heterocycles. The Morgan fingerprint density at radius 3 is 2.90 bits per heavy atom. The Hall–Kier alpha value is -1.18. The number of nitrogens with zero attached hydrogens (tertiary/aromatic N) is 3. The molecule has 21 heavy (non-hydrogen) atoms. The third-order valence-electron chi connectivity index (χ3n) is 3.49. The first-order chi connectivity index (χ1) is 10.0. The fourth-order valence-corrected chi connectivity index (χ4v) is 3.78. The fourth-order valence-electron chi connectivity index (χ4n) is 2.33. The average Bonchev–Trinajstić information content (AvgIpc) is 2.93. The van der Waals surface area contributed by atoms with E-state index in [4.69, 9.17) is 0 Å². The van der Waals surface area contributed by atoms with E-state index >= 15 is 0 Å². The van der Waals surface area contributed by atoms with Crippen LogP contribution in [0.4, 0.5) is 0 Å². The van der Waals surface area contributed by atoms with Crippen molar-refractivity contribution in [2.24, 2.45) is 0 Å². The first-order valence-electron chi connectivity index (χ1n) is 7.43. The highest BCUT2D eigenvalue weighted by Crippen LogP contribution is 2.19. The third-order valence-corrected chi connectivity index (χ3v) is 5.29. The molecular formula is C14H24N4O2S. The van der Waals surface area contributed by atoms with Gasteiger partial charge in [-0.15, -0.1) is 0 Å². The summed E-state index contributed by atoms with van der Waals surface area (Å²) in [4.78, 5) is 0.285. The van der Waals surface area contributed by atoms with E-state index in [1.165, 1.54) is 10.5 Å². The number of hydrogen-bond acceptors (Lipinski definition) is 4. The number of rotatable bonds is 7.